The topological polar surface area (TPSA) is 79.1 Å². The van der Waals surface area contributed by atoms with Gasteiger partial charge in [0.05, 0.1) is 43.0 Å². The highest BCUT2D eigenvalue weighted by atomic mass is 32.1. The van der Waals surface area contributed by atoms with Crippen LogP contribution in [-0.2, 0) is 27.2 Å². The van der Waals surface area contributed by atoms with E-state index < -0.39 is 5.97 Å². The molecule has 0 saturated heterocycles. The first kappa shape index (κ1) is 21.7. The van der Waals surface area contributed by atoms with Gasteiger partial charge in [-0.25, -0.2) is 4.79 Å². The SMILES string of the molecule is CCOCCn1c(=NC(=O)Cc2ccc(OC)cc2)sc2cc(C(=O)OC)ccc21. The average Bonchev–Trinajstić information content (AvgIpc) is 3.09. The first-order chi connectivity index (χ1) is 14.5. The van der Waals surface area contributed by atoms with Crippen molar-refractivity contribution < 1.29 is 23.8 Å². The number of hydrogen-bond acceptors (Lipinski definition) is 6. The number of amides is 1. The number of benzene rings is 2. The molecular weight excluding hydrogens is 404 g/mol. The number of ether oxygens (including phenoxy) is 3. The molecule has 0 aliphatic heterocycles. The number of methoxy groups -OCH3 is 2. The molecule has 0 atom stereocenters. The van der Waals surface area contributed by atoms with Crippen molar-refractivity contribution in [1.29, 1.82) is 0 Å². The zero-order valence-corrected chi connectivity index (χ0v) is 18.0. The molecule has 7 nitrogen and oxygen atoms in total. The van der Waals surface area contributed by atoms with Gasteiger partial charge in [-0.2, -0.15) is 4.99 Å². The Bertz CT molecular complexity index is 1100. The van der Waals surface area contributed by atoms with Crippen molar-refractivity contribution in [3.63, 3.8) is 0 Å². The lowest BCUT2D eigenvalue weighted by molar-refractivity contribution is -0.117. The Balaban J connectivity index is 1.94. The van der Waals surface area contributed by atoms with Crippen molar-refractivity contribution in [1.82, 2.24) is 4.57 Å². The third-order valence-corrected chi connectivity index (χ3v) is 5.54. The minimum absolute atomic E-state index is 0.192. The maximum absolute atomic E-state index is 12.6. The molecule has 2 aromatic carbocycles. The van der Waals surface area contributed by atoms with Gasteiger partial charge in [-0.3, -0.25) is 4.79 Å². The maximum atomic E-state index is 12.6. The van der Waals surface area contributed by atoms with Crippen LogP contribution in [0.3, 0.4) is 0 Å². The first-order valence-corrected chi connectivity index (χ1v) is 10.4. The molecule has 1 amide bonds. The Morgan fingerprint density at radius 1 is 1.10 bits per heavy atom. The van der Waals surface area contributed by atoms with E-state index in [2.05, 4.69) is 4.99 Å². The molecule has 1 heterocycles. The molecule has 0 bridgehead atoms. The zero-order chi connectivity index (χ0) is 21.5. The summed E-state index contributed by atoms with van der Waals surface area (Å²) in [5, 5.41) is 0. The van der Waals surface area contributed by atoms with Crippen molar-refractivity contribution in [2.24, 2.45) is 4.99 Å². The number of esters is 1. The Labute approximate surface area is 178 Å². The second kappa shape index (κ2) is 10.2. The van der Waals surface area contributed by atoms with Crippen LogP contribution in [0.15, 0.2) is 47.5 Å². The molecule has 0 saturated carbocycles. The van der Waals surface area contributed by atoms with Crippen LogP contribution in [0.25, 0.3) is 10.2 Å². The monoisotopic (exact) mass is 428 g/mol. The van der Waals surface area contributed by atoms with E-state index in [0.717, 1.165) is 21.5 Å². The summed E-state index contributed by atoms with van der Waals surface area (Å²) < 4.78 is 18.2. The van der Waals surface area contributed by atoms with E-state index in [9.17, 15) is 9.59 Å². The van der Waals surface area contributed by atoms with Gasteiger partial charge in [-0.15, -0.1) is 0 Å². The van der Waals surface area contributed by atoms with Crippen LogP contribution in [-0.4, -0.2) is 43.9 Å². The number of nitrogens with zero attached hydrogens (tertiary/aromatic N) is 2. The van der Waals surface area contributed by atoms with Crippen molar-refractivity contribution in [3.8, 4) is 5.75 Å². The van der Waals surface area contributed by atoms with Gasteiger partial charge in [0.1, 0.15) is 5.75 Å². The largest absolute Gasteiger partial charge is 0.497 e. The van der Waals surface area contributed by atoms with Crippen LogP contribution in [0, 0.1) is 0 Å². The third-order valence-electron chi connectivity index (χ3n) is 4.50. The molecular formula is C22H24N2O5S. The summed E-state index contributed by atoms with van der Waals surface area (Å²) in [6, 6.07) is 12.7. The van der Waals surface area contributed by atoms with E-state index in [-0.39, 0.29) is 12.3 Å². The number of thiazole rings is 1. The highest BCUT2D eigenvalue weighted by molar-refractivity contribution is 7.16. The molecule has 1 aromatic heterocycles. The summed E-state index contributed by atoms with van der Waals surface area (Å²) in [5.74, 6) is 0.0909. The Morgan fingerprint density at radius 2 is 1.87 bits per heavy atom. The lowest BCUT2D eigenvalue weighted by Crippen LogP contribution is -2.20. The van der Waals surface area contributed by atoms with Gasteiger partial charge in [0.2, 0.25) is 0 Å². The molecule has 0 spiro atoms. The zero-order valence-electron chi connectivity index (χ0n) is 17.2. The van der Waals surface area contributed by atoms with Gasteiger partial charge in [-0.1, -0.05) is 23.5 Å². The number of carbonyl (C=O) groups excluding carboxylic acids is 2. The normalized spacial score (nSPS) is 11.6. The van der Waals surface area contributed by atoms with Crippen molar-refractivity contribution >= 4 is 33.4 Å². The number of fused-ring (bicyclic) bond motifs is 1. The molecule has 0 aliphatic rings. The van der Waals surface area contributed by atoms with Crippen LogP contribution >= 0.6 is 11.3 Å². The smallest absolute Gasteiger partial charge is 0.337 e. The maximum Gasteiger partial charge on any atom is 0.337 e. The summed E-state index contributed by atoms with van der Waals surface area (Å²) in [7, 11) is 2.95. The van der Waals surface area contributed by atoms with Crippen molar-refractivity contribution in [2.45, 2.75) is 19.9 Å². The van der Waals surface area contributed by atoms with Crippen molar-refractivity contribution in [2.75, 3.05) is 27.4 Å². The van der Waals surface area contributed by atoms with E-state index in [0.29, 0.717) is 30.1 Å². The molecule has 8 heteroatoms. The summed E-state index contributed by atoms with van der Waals surface area (Å²) in [4.78, 5) is 29.4. The molecule has 0 aliphatic carbocycles. The average molecular weight is 429 g/mol. The Kier molecular flexibility index (Phi) is 7.37. The number of carbonyl (C=O) groups is 2. The van der Waals surface area contributed by atoms with Gasteiger partial charge < -0.3 is 18.8 Å². The summed E-state index contributed by atoms with van der Waals surface area (Å²) in [6.45, 7) is 3.60. The van der Waals surface area contributed by atoms with Gasteiger partial charge in [0.15, 0.2) is 4.80 Å². The summed E-state index contributed by atoms with van der Waals surface area (Å²) in [6.07, 6.45) is 0.192. The second-order valence-corrected chi connectivity index (χ2v) is 7.45. The van der Waals surface area contributed by atoms with Gasteiger partial charge in [-0.05, 0) is 42.8 Å². The van der Waals surface area contributed by atoms with Crippen LogP contribution in [0.5, 0.6) is 5.75 Å². The molecule has 0 fully saturated rings. The summed E-state index contributed by atoms with van der Waals surface area (Å²) >= 11 is 1.36. The molecule has 30 heavy (non-hydrogen) atoms. The fraction of sp³-hybridized carbons (Fsp3) is 0.318. The molecule has 0 unspecified atom stereocenters. The predicted octanol–water partition coefficient (Wildman–Crippen LogP) is 3.20. The van der Waals surface area contributed by atoms with E-state index >= 15 is 0 Å². The molecule has 0 radical (unpaired) electrons. The Morgan fingerprint density at radius 3 is 2.53 bits per heavy atom. The number of aromatic nitrogens is 1. The van der Waals surface area contributed by atoms with Gasteiger partial charge >= 0.3 is 5.97 Å². The molecule has 0 N–H and O–H groups in total. The first-order valence-electron chi connectivity index (χ1n) is 9.55. The predicted molar refractivity (Wildman–Crippen MR) is 115 cm³/mol. The molecule has 3 aromatic rings. The standard InChI is InChI=1S/C22H24N2O5S/c1-4-29-12-11-24-18-10-7-16(21(26)28-3)14-19(18)30-22(24)23-20(25)13-15-5-8-17(27-2)9-6-15/h5-10,14H,4,11-13H2,1-3H3. The lowest BCUT2D eigenvalue weighted by Gasteiger charge is -2.06. The quantitative estimate of drug-likeness (QED) is 0.407. The molecule has 3 rings (SSSR count). The molecule has 158 valence electrons. The highest BCUT2D eigenvalue weighted by Crippen LogP contribution is 2.20. The second-order valence-electron chi connectivity index (χ2n) is 6.44. The van der Waals surface area contributed by atoms with E-state index in [1.54, 1.807) is 19.2 Å². The third kappa shape index (κ3) is 5.14. The highest BCUT2D eigenvalue weighted by Gasteiger charge is 2.12. The minimum Gasteiger partial charge on any atom is -0.497 e. The van der Waals surface area contributed by atoms with Crippen molar-refractivity contribution in [3.05, 3.63) is 58.4 Å². The fourth-order valence-electron chi connectivity index (χ4n) is 2.98. The van der Waals surface area contributed by atoms with E-state index in [1.807, 2.05) is 41.8 Å². The van der Waals surface area contributed by atoms with E-state index in [1.165, 1.54) is 18.4 Å². The van der Waals surface area contributed by atoms with E-state index in [4.69, 9.17) is 14.2 Å². The van der Waals surface area contributed by atoms with Crippen LogP contribution < -0.4 is 9.54 Å². The van der Waals surface area contributed by atoms with Gasteiger partial charge in [0, 0.05) is 13.2 Å². The van der Waals surface area contributed by atoms with Crippen LogP contribution in [0.4, 0.5) is 0 Å². The van der Waals surface area contributed by atoms with Crippen LogP contribution in [0.1, 0.15) is 22.8 Å². The lowest BCUT2D eigenvalue weighted by atomic mass is 10.1. The Hall–Kier alpha value is -2.97. The number of hydrogen-bond donors (Lipinski definition) is 0. The fourth-order valence-corrected chi connectivity index (χ4v) is 4.10. The minimum atomic E-state index is -0.403. The summed E-state index contributed by atoms with van der Waals surface area (Å²) in [5.41, 5.74) is 2.21. The number of rotatable bonds is 8. The van der Waals surface area contributed by atoms with Crippen LogP contribution in [0.2, 0.25) is 0 Å². The van der Waals surface area contributed by atoms with Gasteiger partial charge in [0.25, 0.3) is 5.91 Å².